The van der Waals surface area contributed by atoms with Crippen LogP contribution in [0.5, 0.6) is 0 Å². The molecule has 1 aliphatic heterocycles. The molecule has 0 bridgehead atoms. The van der Waals surface area contributed by atoms with Crippen molar-refractivity contribution in [2.75, 3.05) is 20.1 Å². The fourth-order valence-corrected chi connectivity index (χ4v) is 2.15. The van der Waals surface area contributed by atoms with Gasteiger partial charge < -0.3 is 15.1 Å². The summed E-state index contributed by atoms with van der Waals surface area (Å²) >= 11 is 0. The molecule has 0 saturated carbocycles. The van der Waals surface area contributed by atoms with Crippen LogP contribution < -0.4 is 5.73 Å². The number of oxazole rings is 1. The van der Waals surface area contributed by atoms with E-state index in [4.69, 9.17) is 10.2 Å². The molecule has 1 aromatic heterocycles. The largest absolute Gasteiger partial charge is 0.449 e. The Labute approximate surface area is 84.1 Å². The number of nitrogens with two attached hydrogens (primary N) is 1. The van der Waals surface area contributed by atoms with E-state index in [9.17, 15) is 0 Å². The predicted molar refractivity (Wildman–Crippen MR) is 54.1 cm³/mol. The number of hydrogen-bond donors (Lipinski definition) is 1. The number of hydrogen-bond acceptors (Lipinski definition) is 4. The standard InChI is InChI=1S/C10H17N3O/c1-7-12-10(6-14-7)8-3-9(11)5-13(2)4-8/h6,8-9H,3-5,11H2,1-2H3. The molecule has 2 heterocycles. The molecule has 0 amide bonds. The van der Waals surface area contributed by atoms with Gasteiger partial charge in [0.25, 0.3) is 0 Å². The van der Waals surface area contributed by atoms with Crippen LogP contribution in [-0.2, 0) is 0 Å². The van der Waals surface area contributed by atoms with Crippen molar-refractivity contribution in [2.24, 2.45) is 5.73 Å². The van der Waals surface area contributed by atoms with Crippen LogP contribution in [0.15, 0.2) is 10.7 Å². The van der Waals surface area contributed by atoms with Crippen LogP contribution in [0.1, 0.15) is 23.9 Å². The summed E-state index contributed by atoms with van der Waals surface area (Å²) < 4.78 is 5.22. The summed E-state index contributed by atoms with van der Waals surface area (Å²) in [5.41, 5.74) is 7.01. The number of aromatic nitrogens is 1. The van der Waals surface area contributed by atoms with Crippen molar-refractivity contribution in [3.8, 4) is 0 Å². The van der Waals surface area contributed by atoms with Gasteiger partial charge in [-0.25, -0.2) is 4.98 Å². The third-order valence-corrected chi connectivity index (χ3v) is 2.72. The van der Waals surface area contributed by atoms with Crippen LogP contribution in [0.4, 0.5) is 0 Å². The number of likely N-dealkylation sites (N-methyl/N-ethyl adjacent to an activating group) is 1. The van der Waals surface area contributed by atoms with Crippen molar-refractivity contribution >= 4 is 0 Å². The molecule has 14 heavy (non-hydrogen) atoms. The van der Waals surface area contributed by atoms with Gasteiger partial charge in [0.15, 0.2) is 5.89 Å². The van der Waals surface area contributed by atoms with Gasteiger partial charge in [0.05, 0.1) is 5.69 Å². The first-order valence-electron chi connectivity index (χ1n) is 5.01. The summed E-state index contributed by atoms with van der Waals surface area (Å²) in [6.45, 7) is 3.88. The highest BCUT2D eigenvalue weighted by Crippen LogP contribution is 2.24. The van der Waals surface area contributed by atoms with Gasteiger partial charge in [0, 0.05) is 32.0 Å². The molecule has 1 saturated heterocycles. The number of aryl methyl sites for hydroxylation is 1. The minimum absolute atomic E-state index is 0.260. The van der Waals surface area contributed by atoms with Crippen LogP contribution in [0.25, 0.3) is 0 Å². The molecule has 1 fully saturated rings. The lowest BCUT2D eigenvalue weighted by Gasteiger charge is -2.32. The van der Waals surface area contributed by atoms with Gasteiger partial charge in [-0.3, -0.25) is 0 Å². The van der Waals surface area contributed by atoms with E-state index in [-0.39, 0.29) is 6.04 Å². The molecule has 1 aromatic rings. The average Bonchev–Trinajstić information content (AvgIpc) is 2.50. The highest BCUT2D eigenvalue weighted by Gasteiger charge is 2.25. The van der Waals surface area contributed by atoms with Crippen molar-refractivity contribution in [3.63, 3.8) is 0 Å². The van der Waals surface area contributed by atoms with Crippen LogP contribution in [0.2, 0.25) is 0 Å². The van der Waals surface area contributed by atoms with Gasteiger partial charge in [-0.15, -0.1) is 0 Å². The Hall–Kier alpha value is -0.870. The van der Waals surface area contributed by atoms with Gasteiger partial charge in [-0.05, 0) is 13.5 Å². The summed E-state index contributed by atoms with van der Waals surface area (Å²) in [5.74, 6) is 1.17. The number of nitrogens with zero attached hydrogens (tertiary/aromatic N) is 2. The first-order chi connectivity index (χ1) is 6.65. The molecule has 1 aliphatic rings. The number of likely N-dealkylation sites (tertiary alicyclic amines) is 1. The van der Waals surface area contributed by atoms with E-state index in [1.54, 1.807) is 6.26 Å². The number of piperidine rings is 1. The summed E-state index contributed by atoms with van der Waals surface area (Å²) in [4.78, 5) is 6.61. The molecule has 78 valence electrons. The Morgan fingerprint density at radius 1 is 1.57 bits per heavy atom. The minimum Gasteiger partial charge on any atom is -0.449 e. The van der Waals surface area contributed by atoms with Crippen molar-refractivity contribution in [3.05, 3.63) is 17.8 Å². The van der Waals surface area contributed by atoms with E-state index >= 15 is 0 Å². The fourth-order valence-electron chi connectivity index (χ4n) is 2.15. The second-order valence-corrected chi connectivity index (χ2v) is 4.21. The van der Waals surface area contributed by atoms with E-state index in [0.29, 0.717) is 5.92 Å². The van der Waals surface area contributed by atoms with Crippen molar-refractivity contribution < 1.29 is 4.42 Å². The van der Waals surface area contributed by atoms with Crippen LogP contribution in [-0.4, -0.2) is 36.1 Å². The topological polar surface area (TPSA) is 55.3 Å². The minimum atomic E-state index is 0.260. The maximum absolute atomic E-state index is 5.96. The Morgan fingerprint density at radius 2 is 2.36 bits per heavy atom. The normalized spacial score (nSPS) is 29.4. The molecular formula is C10H17N3O. The molecule has 4 nitrogen and oxygen atoms in total. The zero-order chi connectivity index (χ0) is 10.1. The SMILES string of the molecule is Cc1nc(C2CC(N)CN(C)C2)co1. The smallest absolute Gasteiger partial charge is 0.191 e. The third kappa shape index (κ3) is 1.96. The first kappa shape index (κ1) is 9.68. The predicted octanol–water partition coefficient (Wildman–Crippen LogP) is 0.729. The Morgan fingerprint density at radius 3 is 2.93 bits per heavy atom. The molecule has 0 aliphatic carbocycles. The summed E-state index contributed by atoms with van der Waals surface area (Å²) in [6, 6.07) is 0.260. The van der Waals surface area contributed by atoms with E-state index in [1.165, 1.54) is 0 Å². The molecule has 0 aromatic carbocycles. The van der Waals surface area contributed by atoms with Crippen LogP contribution in [0.3, 0.4) is 0 Å². The zero-order valence-corrected chi connectivity index (χ0v) is 8.73. The van der Waals surface area contributed by atoms with Gasteiger partial charge >= 0.3 is 0 Å². The van der Waals surface area contributed by atoms with Crippen LogP contribution >= 0.6 is 0 Å². The number of rotatable bonds is 1. The van der Waals surface area contributed by atoms with Crippen LogP contribution in [0, 0.1) is 6.92 Å². The highest BCUT2D eigenvalue weighted by molar-refractivity contribution is 5.07. The fraction of sp³-hybridized carbons (Fsp3) is 0.700. The van der Waals surface area contributed by atoms with Gasteiger partial charge in [0.1, 0.15) is 6.26 Å². The first-order valence-corrected chi connectivity index (χ1v) is 5.01. The lowest BCUT2D eigenvalue weighted by Crippen LogP contribution is -2.44. The Balaban J connectivity index is 2.10. The molecule has 0 radical (unpaired) electrons. The van der Waals surface area contributed by atoms with Gasteiger partial charge in [-0.2, -0.15) is 0 Å². The van der Waals surface area contributed by atoms with Crippen molar-refractivity contribution in [1.29, 1.82) is 0 Å². The van der Waals surface area contributed by atoms with Gasteiger partial charge in [0.2, 0.25) is 0 Å². The maximum Gasteiger partial charge on any atom is 0.191 e. The van der Waals surface area contributed by atoms with E-state index < -0.39 is 0 Å². The summed E-state index contributed by atoms with van der Waals surface area (Å²) in [5, 5.41) is 0. The maximum atomic E-state index is 5.96. The molecule has 2 atom stereocenters. The second-order valence-electron chi connectivity index (χ2n) is 4.21. The third-order valence-electron chi connectivity index (χ3n) is 2.72. The van der Waals surface area contributed by atoms with Gasteiger partial charge in [-0.1, -0.05) is 0 Å². The Bertz CT molecular complexity index is 300. The zero-order valence-electron chi connectivity index (χ0n) is 8.73. The van der Waals surface area contributed by atoms with E-state index in [1.807, 2.05) is 6.92 Å². The van der Waals surface area contributed by atoms with Crippen molar-refractivity contribution in [2.45, 2.75) is 25.3 Å². The monoisotopic (exact) mass is 195 g/mol. The quantitative estimate of drug-likeness (QED) is 0.717. The second kappa shape index (κ2) is 3.71. The lowest BCUT2D eigenvalue weighted by molar-refractivity contribution is 0.225. The summed E-state index contributed by atoms with van der Waals surface area (Å²) in [7, 11) is 2.10. The molecular weight excluding hydrogens is 178 g/mol. The highest BCUT2D eigenvalue weighted by atomic mass is 16.3. The average molecular weight is 195 g/mol. The summed E-state index contributed by atoms with van der Waals surface area (Å²) in [6.07, 6.45) is 2.77. The molecule has 4 heteroatoms. The molecule has 2 unspecified atom stereocenters. The molecule has 2 rings (SSSR count). The molecule has 0 spiro atoms. The Kier molecular flexibility index (Phi) is 2.56. The van der Waals surface area contributed by atoms with E-state index in [0.717, 1.165) is 31.1 Å². The van der Waals surface area contributed by atoms with Crippen molar-refractivity contribution in [1.82, 2.24) is 9.88 Å². The lowest BCUT2D eigenvalue weighted by atomic mass is 9.93. The molecule has 2 N–H and O–H groups in total. The van der Waals surface area contributed by atoms with E-state index in [2.05, 4.69) is 16.9 Å².